The van der Waals surface area contributed by atoms with E-state index in [1.807, 2.05) is 50.2 Å². The fourth-order valence-electron chi connectivity index (χ4n) is 3.00. The van der Waals surface area contributed by atoms with E-state index >= 15 is 0 Å². The molecule has 4 aromatic rings. The summed E-state index contributed by atoms with van der Waals surface area (Å²) < 4.78 is 10.1. The van der Waals surface area contributed by atoms with E-state index in [1.54, 1.807) is 24.3 Å². The second kappa shape index (κ2) is 14.7. The van der Waals surface area contributed by atoms with E-state index in [2.05, 4.69) is 20.7 Å². The first kappa shape index (κ1) is 31.1. The molecule has 0 fully saturated rings. The Hall–Kier alpha value is -3.16. The summed E-state index contributed by atoms with van der Waals surface area (Å²) in [5.41, 5.74) is 16.0. The number of thiophene rings is 2. The molecule has 0 aliphatic carbocycles. The molecule has 8 nitrogen and oxygen atoms in total. The standard InChI is InChI=1S/C13H13NO2S.C7H8BrNO2S.C6H7BO2/c1-8-10(14)12(13(15)16-2)17-11(8)9-6-4-3-5-7-9;1-3-4(9)5(7(10)11-2)12-6(3)8;8-7(9)6-4-2-1-3-5-6/h3-7H,14H2,1-2H3;9H2,1-2H3;1-5,8-9H. The maximum absolute atomic E-state index is 11.5. The van der Waals surface area contributed by atoms with Gasteiger partial charge in [0, 0.05) is 4.88 Å². The first-order valence-electron chi connectivity index (χ1n) is 11.1. The van der Waals surface area contributed by atoms with Gasteiger partial charge in [-0.3, -0.25) is 0 Å². The van der Waals surface area contributed by atoms with Gasteiger partial charge in [0.2, 0.25) is 0 Å². The van der Waals surface area contributed by atoms with Crippen molar-refractivity contribution in [2.45, 2.75) is 13.8 Å². The Morgan fingerprint density at radius 3 is 1.63 bits per heavy atom. The second-order valence-corrected chi connectivity index (χ2v) is 11.0. The van der Waals surface area contributed by atoms with Crippen LogP contribution < -0.4 is 16.9 Å². The summed E-state index contributed by atoms with van der Waals surface area (Å²) in [5.74, 6) is -0.760. The third-order valence-electron chi connectivity index (χ3n) is 5.20. The summed E-state index contributed by atoms with van der Waals surface area (Å²) in [6, 6.07) is 18.5. The van der Waals surface area contributed by atoms with E-state index < -0.39 is 7.12 Å². The van der Waals surface area contributed by atoms with E-state index in [0.717, 1.165) is 25.4 Å². The van der Waals surface area contributed by atoms with Gasteiger partial charge in [-0.2, -0.15) is 0 Å². The van der Waals surface area contributed by atoms with Crippen LogP contribution in [0.5, 0.6) is 0 Å². The van der Waals surface area contributed by atoms with Gasteiger partial charge >= 0.3 is 19.1 Å². The number of rotatable bonds is 4. The molecule has 0 spiro atoms. The first-order valence-corrected chi connectivity index (χ1v) is 13.5. The van der Waals surface area contributed by atoms with Crippen LogP contribution in [-0.4, -0.2) is 43.3 Å². The van der Waals surface area contributed by atoms with Crippen molar-refractivity contribution in [2.75, 3.05) is 25.7 Å². The van der Waals surface area contributed by atoms with Gasteiger partial charge in [0.05, 0.1) is 29.4 Å². The Balaban J connectivity index is 0.000000212. The summed E-state index contributed by atoms with van der Waals surface area (Å²) in [5, 5.41) is 17.2. The number of carbonyl (C=O) groups is 2. The van der Waals surface area contributed by atoms with Crippen LogP contribution in [0, 0.1) is 13.8 Å². The molecular formula is C26H28BBrN2O6S2. The van der Waals surface area contributed by atoms with E-state index in [9.17, 15) is 9.59 Å². The number of anilines is 2. The normalized spacial score (nSPS) is 9.87. The fourth-order valence-corrected chi connectivity index (χ4v) is 5.72. The summed E-state index contributed by atoms with van der Waals surface area (Å²) in [6.07, 6.45) is 0. The highest BCUT2D eigenvalue weighted by Gasteiger charge is 2.19. The van der Waals surface area contributed by atoms with Gasteiger partial charge in [0.1, 0.15) is 9.75 Å². The fraction of sp³-hybridized carbons (Fsp3) is 0.154. The number of halogens is 1. The summed E-state index contributed by atoms with van der Waals surface area (Å²) in [4.78, 5) is 24.6. The third-order valence-corrected chi connectivity index (χ3v) is 8.70. The van der Waals surface area contributed by atoms with Crippen LogP contribution in [0.15, 0.2) is 64.5 Å². The molecule has 2 aromatic carbocycles. The molecule has 0 radical (unpaired) electrons. The van der Waals surface area contributed by atoms with Crippen molar-refractivity contribution >= 4 is 74.5 Å². The molecule has 0 saturated carbocycles. The minimum Gasteiger partial charge on any atom is -0.465 e. The molecule has 38 heavy (non-hydrogen) atoms. The number of esters is 2. The molecule has 4 rings (SSSR count). The molecule has 0 bridgehead atoms. The Labute approximate surface area is 238 Å². The zero-order valence-corrected chi connectivity index (χ0v) is 24.4. The van der Waals surface area contributed by atoms with E-state index in [0.29, 0.717) is 26.6 Å². The zero-order valence-electron chi connectivity index (χ0n) is 21.2. The Kier molecular flexibility index (Phi) is 12.0. The van der Waals surface area contributed by atoms with Crippen LogP contribution >= 0.6 is 38.6 Å². The van der Waals surface area contributed by atoms with Gasteiger partial charge in [-0.15, -0.1) is 22.7 Å². The highest BCUT2D eigenvalue weighted by molar-refractivity contribution is 9.11. The van der Waals surface area contributed by atoms with E-state index in [-0.39, 0.29) is 11.9 Å². The van der Waals surface area contributed by atoms with Gasteiger partial charge < -0.3 is 31.0 Å². The molecule has 0 aliphatic rings. The Bertz CT molecular complexity index is 1360. The smallest absolute Gasteiger partial charge is 0.465 e. The number of hydrogen-bond donors (Lipinski definition) is 4. The van der Waals surface area contributed by atoms with Crippen LogP contribution in [-0.2, 0) is 9.47 Å². The highest BCUT2D eigenvalue weighted by Crippen LogP contribution is 2.38. The topological polar surface area (TPSA) is 145 Å². The lowest BCUT2D eigenvalue weighted by molar-refractivity contribution is 0.0598. The molecule has 200 valence electrons. The molecule has 6 N–H and O–H groups in total. The van der Waals surface area contributed by atoms with Crippen molar-refractivity contribution in [3.63, 3.8) is 0 Å². The number of ether oxygens (including phenoxy) is 2. The summed E-state index contributed by atoms with van der Waals surface area (Å²) in [7, 11) is 1.36. The lowest BCUT2D eigenvalue weighted by Crippen LogP contribution is -2.29. The predicted molar refractivity (Wildman–Crippen MR) is 159 cm³/mol. The maximum Gasteiger partial charge on any atom is 0.488 e. The molecule has 0 saturated heterocycles. The number of methoxy groups -OCH3 is 2. The molecule has 2 aromatic heterocycles. The largest absolute Gasteiger partial charge is 0.488 e. The quantitative estimate of drug-likeness (QED) is 0.191. The van der Waals surface area contributed by atoms with Gasteiger partial charge in [-0.05, 0) is 51.9 Å². The second-order valence-electron chi connectivity index (χ2n) is 7.68. The SMILES string of the molecule is COC(=O)c1sc(-c2ccccc2)c(C)c1N.COC(=O)c1sc(Br)c(C)c1N.OB(O)c1ccccc1. The van der Waals surface area contributed by atoms with Crippen LogP contribution in [0.1, 0.15) is 30.5 Å². The summed E-state index contributed by atoms with van der Waals surface area (Å²) in [6.45, 7) is 3.77. The average molecular weight is 619 g/mol. The number of hydrogen-bond acceptors (Lipinski definition) is 10. The van der Waals surface area contributed by atoms with E-state index in [1.165, 1.54) is 36.9 Å². The van der Waals surface area contributed by atoms with Crippen molar-refractivity contribution in [1.82, 2.24) is 0 Å². The highest BCUT2D eigenvalue weighted by atomic mass is 79.9. The van der Waals surface area contributed by atoms with Gasteiger partial charge in [-0.25, -0.2) is 9.59 Å². The first-order chi connectivity index (χ1) is 18.0. The Morgan fingerprint density at radius 1 is 0.789 bits per heavy atom. The molecule has 2 heterocycles. The lowest BCUT2D eigenvalue weighted by Gasteiger charge is -1.98. The maximum atomic E-state index is 11.5. The minimum atomic E-state index is -1.34. The number of carbonyl (C=O) groups excluding carboxylic acids is 2. The van der Waals surface area contributed by atoms with Crippen molar-refractivity contribution in [2.24, 2.45) is 0 Å². The molecule has 0 unspecified atom stereocenters. The lowest BCUT2D eigenvalue weighted by atomic mass is 9.81. The molecular weight excluding hydrogens is 591 g/mol. The number of nitrogens with two attached hydrogens (primary N) is 2. The van der Waals surface area contributed by atoms with Crippen LogP contribution in [0.4, 0.5) is 11.4 Å². The predicted octanol–water partition coefficient (Wildman–Crippen LogP) is 4.65. The minimum absolute atomic E-state index is 0.377. The van der Waals surface area contributed by atoms with E-state index in [4.69, 9.17) is 26.3 Å². The summed E-state index contributed by atoms with van der Waals surface area (Å²) >= 11 is 5.96. The van der Waals surface area contributed by atoms with Crippen molar-refractivity contribution in [3.05, 3.63) is 85.3 Å². The van der Waals surface area contributed by atoms with Crippen molar-refractivity contribution in [3.8, 4) is 10.4 Å². The molecule has 12 heteroatoms. The van der Waals surface area contributed by atoms with Crippen molar-refractivity contribution < 1.29 is 29.1 Å². The van der Waals surface area contributed by atoms with Crippen LogP contribution in [0.3, 0.4) is 0 Å². The van der Waals surface area contributed by atoms with Crippen LogP contribution in [0.25, 0.3) is 10.4 Å². The van der Waals surface area contributed by atoms with Gasteiger partial charge in [0.25, 0.3) is 0 Å². The molecule has 0 amide bonds. The molecule has 0 atom stereocenters. The Morgan fingerprint density at radius 2 is 1.24 bits per heavy atom. The molecule has 0 aliphatic heterocycles. The van der Waals surface area contributed by atoms with Crippen LogP contribution in [0.2, 0.25) is 0 Å². The monoisotopic (exact) mass is 618 g/mol. The number of benzene rings is 2. The zero-order chi connectivity index (χ0) is 28.4. The van der Waals surface area contributed by atoms with Gasteiger partial charge in [-0.1, -0.05) is 60.7 Å². The van der Waals surface area contributed by atoms with Crippen molar-refractivity contribution in [1.29, 1.82) is 0 Å². The average Bonchev–Trinajstić information content (AvgIpc) is 3.39. The number of nitrogen functional groups attached to an aromatic ring is 2. The third kappa shape index (κ3) is 7.92. The van der Waals surface area contributed by atoms with Gasteiger partial charge in [0.15, 0.2) is 0 Å².